The Labute approximate surface area is 133 Å². The molecule has 1 unspecified atom stereocenters. The van der Waals surface area contributed by atoms with E-state index in [1.807, 2.05) is 24.3 Å². The number of aromatic amines is 1. The van der Waals surface area contributed by atoms with Crippen molar-refractivity contribution in [2.24, 2.45) is 0 Å². The molecule has 1 aliphatic carbocycles. The number of aromatic nitrogens is 2. The molecule has 0 bridgehead atoms. The Balaban J connectivity index is 1.93. The molecule has 0 amide bonds. The first-order valence-electron chi connectivity index (χ1n) is 7.14. The van der Waals surface area contributed by atoms with Gasteiger partial charge in [0.25, 0.3) is 0 Å². The van der Waals surface area contributed by atoms with E-state index in [4.69, 9.17) is 0 Å². The highest BCUT2D eigenvalue weighted by atomic mass is 32.2. The summed E-state index contributed by atoms with van der Waals surface area (Å²) in [6.07, 6.45) is 7.60. The van der Waals surface area contributed by atoms with Crippen molar-refractivity contribution in [1.82, 2.24) is 9.97 Å². The number of imidazole rings is 1. The van der Waals surface area contributed by atoms with E-state index >= 15 is 0 Å². The van der Waals surface area contributed by atoms with Crippen LogP contribution in [0.4, 0.5) is 0 Å². The van der Waals surface area contributed by atoms with Crippen LogP contribution in [0.2, 0.25) is 0 Å². The highest BCUT2D eigenvalue weighted by molar-refractivity contribution is 8.21. The van der Waals surface area contributed by atoms with Gasteiger partial charge in [0.2, 0.25) is 0 Å². The summed E-state index contributed by atoms with van der Waals surface area (Å²) < 4.78 is 1.26. The number of benzene rings is 1. The normalized spacial score (nSPS) is 22.1. The van der Waals surface area contributed by atoms with Crippen LogP contribution in [0.25, 0.3) is 11.0 Å². The Morgan fingerprint density at radius 3 is 2.81 bits per heavy atom. The number of fused-ring (bicyclic) bond motifs is 1. The molecule has 3 nitrogen and oxygen atoms in total. The molecule has 1 aromatic carbocycles. The van der Waals surface area contributed by atoms with Crippen molar-refractivity contribution in [2.75, 3.05) is 12.5 Å². The van der Waals surface area contributed by atoms with Gasteiger partial charge in [-0.2, -0.15) is 0 Å². The minimum Gasteiger partial charge on any atom is -0.385 e. The van der Waals surface area contributed by atoms with Crippen LogP contribution in [0.15, 0.2) is 34.1 Å². The predicted molar refractivity (Wildman–Crippen MR) is 92.7 cm³/mol. The van der Waals surface area contributed by atoms with E-state index in [1.165, 1.54) is 9.81 Å². The molecule has 1 saturated carbocycles. The lowest BCUT2D eigenvalue weighted by Crippen LogP contribution is -2.30. The number of para-hydroxylation sites is 2. The first-order chi connectivity index (χ1) is 10.2. The zero-order valence-corrected chi connectivity index (χ0v) is 14.0. The molecular weight excluding hydrogens is 300 g/mol. The zero-order valence-electron chi connectivity index (χ0n) is 12.3. The number of rotatable bonds is 4. The monoisotopic (exact) mass is 320 g/mol. The maximum Gasteiger partial charge on any atom is 0.110 e. The summed E-state index contributed by atoms with van der Waals surface area (Å²) in [6.45, 7) is 0. The molecule has 112 valence electrons. The van der Waals surface area contributed by atoms with Crippen molar-refractivity contribution < 1.29 is 5.11 Å². The van der Waals surface area contributed by atoms with Crippen LogP contribution in [0.5, 0.6) is 0 Å². The summed E-state index contributed by atoms with van der Waals surface area (Å²) in [4.78, 5) is 7.95. The average molecular weight is 320 g/mol. The lowest BCUT2D eigenvalue weighted by molar-refractivity contribution is 0.0836. The SMILES string of the molecule is CSC(SC)=C1CCCC1(O)Cc1nc2ccccc2[nH]1. The van der Waals surface area contributed by atoms with Crippen molar-refractivity contribution in [3.05, 3.63) is 39.9 Å². The third kappa shape index (κ3) is 2.87. The Hall–Kier alpha value is -0.910. The Bertz CT molecular complexity index is 641. The van der Waals surface area contributed by atoms with Gasteiger partial charge in [0, 0.05) is 10.7 Å². The number of aliphatic hydroxyl groups is 1. The standard InChI is InChI=1S/C16H20N2OS2/c1-20-15(21-2)11-6-5-9-16(11,19)10-14-17-12-7-3-4-8-13(12)18-14/h3-4,7-8,19H,5-6,9-10H2,1-2H3,(H,17,18). The second-order valence-corrected chi connectivity index (χ2v) is 7.33. The fourth-order valence-corrected chi connectivity index (χ4v) is 4.87. The molecule has 1 fully saturated rings. The maximum atomic E-state index is 11.1. The number of hydrogen-bond acceptors (Lipinski definition) is 4. The highest BCUT2D eigenvalue weighted by Gasteiger charge is 2.39. The smallest absolute Gasteiger partial charge is 0.110 e. The Kier molecular flexibility index (Phi) is 4.33. The third-order valence-electron chi connectivity index (χ3n) is 4.09. The van der Waals surface area contributed by atoms with Gasteiger partial charge in [-0.05, 0) is 49.5 Å². The van der Waals surface area contributed by atoms with Crippen LogP contribution in [-0.2, 0) is 6.42 Å². The Morgan fingerprint density at radius 2 is 2.10 bits per heavy atom. The molecule has 0 saturated heterocycles. The van der Waals surface area contributed by atoms with Gasteiger partial charge >= 0.3 is 0 Å². The van der Waals surface area contributed by atoms with Gasteiger partial charge in [0.15, 0.2) is 0 Å². The zero-order chi connectivity index (χ0) is 14.9. The van der Waals surface area contributed by atoms with Gasteiger partial charge < -0.3 is 10.1 Å². The first kappa shape index (κ1) is 15.0. The van der Waals surface area contributed by atoms with Crippen LogP contribution < -0.4 is 0 Å². The van der Waals surface area contributed by atoms with E-state index in [1.54, 1.807) is 23.5 Å². The summed E-state index contributed by atoms with van der Waals surface area (Å²) in [5.74, 6) is 0.875. The first-order valence-corrected chi connectivity index (χ1v) is 9.59. The molecule has 1 aliphatic rings. The maximum absolute atomic E-state index is 11.1. The van der Waals surface area contributed by atoms with Crippen molar-refractivity contribution in [1.29, 1.82) is 0 Å². The van der Waals surface area contributed by atoms with Gasteiger partial charge in [-0.25, -0.2) is 4.98 Å². The Morgan fingerprint density at radius 1 is 1.33 bits per heavy atom. The number of hydrogen-bond donors (Lipinski definition) is 2. The van der Waals surface area contributed by atoms with Crippen molar-refractivity contribution >= 4 is 34.6 Å². The molecule has 0 aliphatic heterocycles. The summed E-state index contributed by atoms with van der Waals surface area (Å²) in [7, 11) is 0. The largest absolute Gasteiger partial charge is 0.385 e. The summed E-state index contributed by atoms with van der Waals surface area (Å²) in [5.41, 5.74) is 2.46. The fourth-order valence-electron chi connectivity index (χ4n) is 3.12. The summed E-state index contributed by atoms with van der Waals surface area (Å²) in [6, 6.07) is 8.01. The van der Waals surface area contributed by atoms with Gasteiger partial charge in [0.05, 0.1) is 16.6 Å². The van der Waals surface area contributed by atoms with Crippen LogP contribution in [-0.4, -0.2) is 33.2 Å². The molecule has 1 atom stereocenters. The molecule has 0 spiro atoms. The summed E-state index contributed by atoms with van der Waals surface area (Å²) >= 11 is 3.47. The molecule has 1 heterocycles. The lowest BCUT2D eigenvalue weighted by Gasteiger charge is -2.25. The van der Waals surface area contributed by atoms with Crippen molar-refractivity contribution in [3.63, 3.8) is 0 Å². The minimum atomic E-state index is -0.741. The van der Waals surface area contributed by atoms with Gasteiger partial charge in [0.1, 0.15) is 5.82 Å². The molecular formula is C16H20N2OS2. The predicted octanol–water partition coefficient (Wildman–Crippen LogP) is 3.96. The minimum absolute atomic E-state index is 0.571. The van der Waals surface area contributed by atoms with Crippen LogP contribution in [0, 0.1) is 0 Å². The van der Waals surface area contributed by atoms with E-state index in [0.29, 0.717) is 6.42 Å². The van der Waals surface area contributed by atoms with E-state index in [-0.39, 0.29) is 0 Å². The number of nitrogens with zero attached hydrogens (tertiary/aromatic N) is 1. The van der Waals surface area contributed by atoms with Gasteiger partial charge in [-0.3, -0.25) is 0 Å². The van der Waals surface area contributed by atoms with Crippen LogP contribution in [0.1, 0.15) is 25.1 Å². The quantitative estimate of drug-likeness (QED) is 0.895. The van der Waals surface area contributed by atoms with E-state index < -0.39 is 5.60 Å². The van der Waals surface area contributed by atoms with Crippen LogP contribution >= 0.6 is 23.5 Å². The second-order valence-electron chi connectivity index (χ2n) is 5.44. The molecule has 2 N–H and O–H groups in total. The molecule has 2 aromatic rings. The molecule has 0 radical (unpaired) electrons. The van der Waals surface area contributed by atoms with E-state index in [2.05, 4.69) is 22.5 Å². The number of thioether (sulfide) groups is 2. The van der Waals surface area contributed by atoms with Crippen LogP contribution in [0.3, 0.4) is 0 Å². The van der Waals surface area contributed by atoms with E-state index in [0.717, 1.165) is 36.1 Å². The van der Waals surface area contributed by atoms with Crippen molar-refractivity contribution in [2.45, 2.75) is 31.3 Å². The fraction of sp³-hybridized carbons (Fsp3) is 0.438. The second kappa shape index (κ2) is 6.07. The summed E-state index contributed by atoms with van der Waals surface area (Å²) in [5, 5.41) is 11.1. The molecule has 21 heavy (non-hydrogen) atoms. The van der Waals surface area contributed by atoms with E-state index in [9.17, 15) is 5.11 Å². The molecule has 5 heteroatoms. The van der Waals surface area contributed by atoms with Gasteiger partial charge in [-0.15, -0.1) is 23.5 Å². The highest BCUT2D eigenvalue weighted by Crippen LogP contribution is 2.44. The van der Waals surface area contributed by atoms with Crippen molar-refractivity contribution in [3.8, 4) is 0 Å². The lowest BCUT2D eigenvalue weighted by atomic mass is 9.94. The average Bonchev–Trinajstić information content (AvgIpc) is 3.04. The number of H-pyrrole nitrogens is 1. The molecule has 1 aromatic heterocycles. The topological polar surface area (TPSA) is 48.9 Å². The van der Waals surface area contributed by atoms with Gasteiger partial charge in [-0.1, -0.05) is 12.1 Å². The number of nitrogens with one attached hydrogen (secondary N) is 1. The molecule has 3 rings (SSSR count). The third-order valence-corrected chi connectivity index (χ3v) is 6.33.